The Morgan fingerprint density at radius 3 is 2.81 bits per heavy atom. The Labute approximate surface area is 155 Å². The summed E-state index contributed by atoms with van der Waals surface area (Å²) in [6.45, 7) is 3.94. The highest BCUT2D eigenvalue weighted by molar-refractivity contribution is 5.76. The summed E-state index contributed by atoms with van der Waals surface area (Å²) in [6, 6.07) is 6.29. The van der Waals surface area contributed by atoms with Crippen LogP contribution >= 0.6 is 0 Å². The molecule has 2 saturated heterocycles. The molecule has 0 spiro atoms. The summed E-state index contributed by atoms with van der Waals surface area (Å²) in [7, 11) is 5.42. The molecule has 3 rings (SSSR count). The fourth-order valence-corrected chi connectivity index (χ4v) is 4.64. The lowest BCUT2D eigenvalue weighted by molar-refractivity contribution is -0.162. The summed E-state index contributed by atoms with van der Waals surface area (Å²) in [5.74, 6) is 0.215. The standard InChI is InChI=1S/C20H30N2O4/c1-21-9-4-7-20(19(23)24)8-10-22(13-18(20)21)12-15-5-6-17(26-3)16(11-15)14-25-2/h5-6,11,18H,4,7-10,12-14H2,1-3H3,(H,23,24)/t18-,20+/m1/s1. The lowest BCUT2D eigenvalue weighted by atomic mass is 9.68. The molecule has 0 radical (unpaired) electrons. The molecule has 26 heavy (non-hydrogen) atoms. The zero-order chi connectivity index (χ0) is 18.7. The maximum Gasteiger partial charge on any atom is 0.311 e. The van der Waals surface area contributed by atoms with E-state index in [-0.39, 0.29) is 6.04 Å². The van der Waals surface area contributed by atoms with Gasteiger partial charge in [-0.15, -0.1) is 0 Å². The van der Waals surface area contributed by atoms with Gasteiger partial charge < -0.3 is 19.5 Å². The van der Waals surface area contributed by atoms with Crippen LogP contribution in [0.15, 0.2) is 18.2 Å². The molecule has 2 atom stereocenters. The van der Waals surface area contributed by atoms with Gasteiger partial charge in [0.2, 0.25) is 0 Å². The molecule has 144 valence electrons. The third kappa shape index (κ3) is 3.59. The van der Waals surface area contributed by atoms with Gasteiger partial charge in [-0.05, 0) is 57.1 Å². The number of hydrogen-bond donors (Lipinski definition) is 1. The number of aliphatic carboxylic acids is 1. The number of hydrogen-bond acceptors (Lipinski definition) is 5. The van der Waals surface area contributed by atoms with Crippen molar-refractivity contribution in [1.82, 2.24) is 9.80 Å². The second-order valence-electron chi connectivity index (χ2n) is 7.63. The fourth-order valence-electron chi connectivity index (χ4n) is 4.64. The van der Waals surface area contributed by atoms with Crippen molar-refractivity contribution in [2.75, 3.05) is 40.9 Å². The summed E-state index contributed by atoms with van der Waals surface area (Å²) in [5, 5.41) is 9.90. The smallest absolute Gasteiger partial charge is 0.311 e. The molecule has 0 saturated carbocycles. The quantitative estimate of drug-likeness (QED) is 0.837. The van der Waals surface area contributed by atoms with E-state index in [1.165, 1.54) is 5.56 Å². The first-order valence-electron chi connectivity index (χ1n) is 9.31. The molecule has 1 aromatic rings. The van der Waals surface area contributed by atoms with Crippen molar-refractivity contribution in [3.8, 4) is 5.75 Å². The Balaban J connectivity index is 1.74. The van der Waals surface area contributed by atoms with Gasteiger partial charge in [0.1, 0.15) is 5.75 Å². The van der Waals surface area contributed by atoms with E-state index in [0.717, 1.165) is 56.8 Å². The summed E-state index contributed by atoms with van der Waals surface area (Å²) in [4.78, 5) is 16.7. The van der Waals surface area contributed by atoms with E-state index in [0.29, 0.717) is 6.61 Å². The first kappa shape index (κ1) is 19.1. The van der Waals surface area contributed by atoms with Crippen molar-refractivity contribution in [2.24, 2.45) is 5.41 Å². The maximum absolute atomic E-state index is 12.0. The minimum Gasteiger partial charge on any atom is -0.496 e. The Hall–Kier alpha value is -1.63. The van der Waals surface area contributed by atoms with Crippen molar-refractivity contribution in [1.29, 1.82) is 0 Å². The molecule has 0 amide bonds. The second-order valence-corrected chi connectivity index (χ2v) is 7.63. The van der Waals surface area contributed by atoms with Crippen LogP contribution in [0, 0.1) is 5.41 Å². The predicted molar refractivity (Wildman–Crippen MR) is 99.3 cm³/mol. The largest absolute Gasteiger partial charge is 0.496 e. The van der Waals surface area contributed by atoms with Gasteiger partial charge in [-0.25, -0.2) is 0 Å². The van der Waals surface area contributed by atoms with Crippen molar-refractivity contribution in [3.05, 3.63) is 29.3 Å². The Kier molecular flexibility index (Phi) is 5.85. The average molecular weight is 362 g/mol. The monoisotopic (exact) mass is 362 g/mol. The molecule has 6 nitrogen and oxygen atoms in total. The van der Waals surface area contributed by atoms with Crippen LogP contribution in [0.1, 0.15) is 30.4 Å². The lowest BCUT2D eigenvalue weighted by Crippen LogP contribution is -2.62. The molecule has 2 heterocycles. The van der Waals surface area contributed by atoms with Gasteiger partial charge in [0, 0.05) is 31.8 Å². The van der Waals surface area contributed by atoms with Gasteiger partial charge >= 0.3 is 5.97 Å². The van der Waals surface area contributed by atoms with Gasteiger partial charge in [-0.2, -0.15) is 0 Å². The van der Waals surface area contributed by atoms with Crippen LogP contribution in [0.4, 0.5) is 0 Å². The number of carboxylic acids is 1. The Morgan fingerprint density at radius 1 is 1.31 bits per heavy atom. The van der Waals surface area contributed by atoms with E-state index < -0.39 is 11.4 Å². The Bertz CT molecular complexity index is 651. The number of likely N-dealkylation sites (tertiary alicyclic amines) is 2. The maximum atomic E-state index is 12.0. The van der Waals surface area contributed by atoms with Gasteiger partial charge in [0.05, 0.1) is 19.1 Å². The third-order valence-corrected chi connectivity index (χ3v) is 6.09. The molecule has 1 N–H and O–H groups in total. The van der Waals surface area contributed by atoms with Gasteiger partial charge in [-0.1, -0.05) is 6.07 Å². The van der Waals surface area contributed by atoms with Crippen LogP contribution in [0.25, 0.3) is 0 Å². The van der Waals surface area contributed by atoms with Gasteiger partial charge in [0.15, 0.2) is 0 Å². The number of nitrogens with zero attached hydrogens (tertiary/aromatic N) is 2. The Morgan fingerprint density at radius 2 is 2.12 bits per heavy atom. The van der Waals surface area contributed by atoms with Crippen LogP contribution < -0.4 is 4.74 Å². The summed E-state index contributed by atoms with van der Waals surface area (Å²) >= 11 is 0. The van der Waals surface area contributed by atoms with E-state index in [9.17, 15) is 9.90 Å². The van der Waals surface area contributed by atoms with E-state index in [4.69, 9.17) is 9.47 Å². The van der Waals surface area contributed by atoms with Crippen LogP contribution in [-0.4, -0.2) is 67.8 Å². The topological polar surface area (TPSA) is 62.2 Å². The highest BCUT2D eigenvalue weighted by Crippen LogP contribution is 2.42. The molecule has 0 unspecified atom stereocenters. The third-order valence-electron chi connectivity index (χ3n) is 6.09. The zero-order valence-electron chi connectivity index (χ0n) is 16.0. The molecule has 0 aromatic heterocycles. The molecule has 2 aliphatic rings. The van der Waals surface area contributed by atoms with E-state index in [1.54, 1.807) is 14.2 Å². The van der Waals surface area contributed by atoms with E-state index in [1.807, 2.05) is 6.07 Å². The molecule has 1 aromatic carbocycles. The SMILES string of the molecule is COCc1cc(CN2CC[C@@]3(C(=O)O)CCCN(C)[C@@H]3C2)ccc1OC. The van der Waals surface area contributed by atoms with Crippen molar-refractivity contribution < 1.29 is 19.4 Å². The minimum absolute atomic E-state index is 0.0826. The van der Waals surface area contributed by atoms with E-state index >= 15 is 0 Å². The predicted octanol–water partition coefficient (Wildman–Crippen LogP) is 2.21. The average Bonchev–Trinajstić information content (AvgIpc) is 2.63. The summed E-state index contributed by atoms with van der Waals surface area (Å²) in [6.07, 6.45) is 2.49. The molecule has 2 aliphatic heterocycles. The number of rotatable bonds is 6. The molecule has 0 aliphatic carbocycles. The van der Waals surface area contributed by atoms with Crippen LogP contribution in [-0.2, 0) is 22.7 Å². The molecule has 6 heteroatoms. The van der Waals surface area contributed by atoms with Crippen molar-refractivity contribution >= 4 is 5.97 Å². The first-order chi connectivity index (χ1) is 12.5. The summed E-state index contributed by atoms with van der Waals surface area (Å²) in [5.41, 5.74) is 1.67. The van der Waals surface area contributed by atoms with E-state index in [2.05, 4.69) is 29.0 Å². The number of piperidine rings is 2. The van der Waals surface area contributed by atoms with Crippen LogP contribution in [0.3, 0.4) is 0 Å². The van der Waals surface area contributed by atoms with Gasteiger partial charge in [0.25, 0.3) is 0 Å². The normalized spacial score (nSPS) is 27.1. The number of carbonyl (C=O) groups is 1. The number of ether oxygens (including phenoxy) is 2. The number of benzene rings is 1. The van der Waals surface area contributed by atoms with Crippen molar-refractivity contribution in [2.45, 2.75) is 38.5 Å². The molecular formula is C20H30N2O4. The number of carboxylic acid groups (broad SMARTS) is 1. The van der Waals surface area contributed by atoms with Crippen molar-refractivity contribution in [3.63, 3.8) is 0 Å². The number of methoxy groups -OCH3 is 2. The summed E-state index contributed by atoms with van der Waals surface area (Å²) < 4.78 is 10.7. The minimum atomic E-state index is -0.625. The fraction of sp³-hybridized carbons (Fsp3) is 0.650. The highest BCUT2D eigenvalue weighted by Gasteiger charge is 2.52. The molecule has 2 fully saturated rings. The molecule has 0 bridgehead atoms. The van der Waals surface area contributed by atoms with Gasteiger partial charge in [-0.3, -0.25) is 9.69 Å². The number of fused-ring (bicyclic) bond motifs is 1. The van der Waals surface area contributed by atoms with Crippen LogP contribution in [0.5, 0.6) is 5.75 Å². The lowest BCUT2D eigenvalue weighted by Gasteiger charge is -2.51. The highest BCUT2D eigenvalue weighted by atomic mass is 16.5. The second kappa shape index (κ2) is 7.94. The molecular weight excluding hydrogens is 332 g/mol. The number of likely N-dealkylation sites (N-methyl/N-ethyl adjacent to an activating group) is 1. The first-order valence-corrected chi connectivity index (χ1v) is 9.31. The van der Waals surface area contributed by atoms with Crippen LogP contribution in [0.2, 0.25) is 0 Å². The zero-order valence-corrected chi connectivity index (χ0v) is 16.0.